The fourth-order valence-electron chi connectivity index (χ4n) is 4.42. The maximum atomic E-state index is 12.9. The maximum absolute atomic E-state index is 12.9. The van der Waals surface area contributed by atoms with Gasteiger partial charge in [-0.15, -0.1) is 10.2 Å². The van der Waals surface area contributed by atoms with Gasteiger partial charge >= 0.3 is 6.18 Å². The summed E-state index contributed by atoms with van der Waals surface area (Å²) in [5.74, 6) is 0.574. The van der Waals surface area contributed by atoms with Crippen LogP contribution in [0.25, 0.3) is 5.57 Å². The predicted octanol–water partition coefficient (Wildman–Crippen LogP) is 4.87. The van der Waals surface area contributed by atoms with E-state index in [0.717, 1.165) is 34.7 Å². The van der Waals surface area contributed by atoms with Crippen molar-refractivity contribution in [1.29, 1.82) is 0 Å². The number of H-pyrrole nitrogens is 1. The summed E-state index contributed by atoms with van der Waals surface area (Å²) in [5.41, 5.74) is 4.23. The van der Waals surface area contributed by atoms with Crippen LogP contribution < -0.4 is 4.90 Å². The van der Waals surface area contributed by atoms with E-state index in [4.69, 9.17) is 0 Å². The summed E-state index contributed by atoms with van der Waals surface area (Å²) >= 11 is 0. The molecule has 30 heavy (non-hydrogen) atoms. The van der Waals surface area contributed by atoms with Gasteiger partial charge in [-0.05, 0) is 54.0 Å². The van der Waals surface area contributed by atoms with Crippen LogP contribution in [0.4, 0.5) is 18.9 Å². The molecule has 0 fully saturated rings. The van der Waals surface area contributed by atoms with E-state index in [1.807, 2.05) is 18.2 Å². The lowest BCUT2D eigenvalue weighted by Gasteiger charge is -2.33. The Balaban J connectivity index is 1.53. The van der Waals surface area contributed by atoms with E-state index >= 15 is 0 Å². The molecule has 1 unspecified atom stereocenters. The molecule has 1 aromatic heterocycles. The molecule has 0 radical (unpaired) electrons. The third kappa shape index (κ3) is 2.91. The van der Waals surface area contributed by atoms with E-state index in [9.17, 15) is 13.2 Å². The van der Waals surface area contributed by atoms with Crippen molar-refractivity contribution in [1.82, 2.24) is 20.6 Å². The molecule has 1 atom stereocenters. The molecule has 0 saturated heterocycles. The Morgan fingerprint density at radius 2 is 1.83 bits per heavy atom. The van der Waals surface area contributed by atoms with E-state index < -0.39 is 11.7 Å². The number of hydrogen-bond donors (Lipinski definition) is 1. The molecule has 1 N–H and O–H groups in total. The van der Waals surface area contributed by atoms with Crippen molar-refractivity contribution in [2.75, 3.05) is 4.90 Å². The Morgan fingerprint density at radius 3 is 2.53 bits per heavy atom. The van der Waals surface area contributed by atoms with Crippen LogP contribution in [0.3, 0.4) is 0 Å². The van der Waals surface area contributed by atoms with Gasteiger partial charge in [-0.1, -0.05) is 36.4 Å². The summed E-state index contributed by atoms with van der Waals surface area (Å²) in [4.78, 5) is 2.18. The van der Waals surface area contributed by atoms with Crippen molar-refractivity contribution in [3.8, 4) is 0 Å². The third-order valence-corrected chi connectivity index (χ3v) is 5.89. The monoisotopic (exact) mass is 409 g/mol. The molecule has 3 aromatic rings. The van der Waals surface area contributed by atoms with Crippen molar-refractivity contribution >= 4 is 11.3 Å². The normalized spacial score (nSPS) is 20.5. The quantitative estimate of drug-likeness (QED) is 0.671. The lowest BCUT2D eigenvalue weighted by atomic mass is 9.74. The zero-order chi connectivity index (χ0) is 20.9. The summed E-state index contributed by atoms with van der Waals surface area (Å²) in [5, 5.41) is 14.4. The van der Waals surface area contributed by atoms with Crippen LogP contribution in [0.1, 0.15) is 35.9 Å². The Kier molecular flexibility index (Phi) is 4.06. The number of benzene rings is 2. The Bertz CT molecular complexity index is 1150. The number of nitrogens with zero attached hydrogens (tertiary/aromatic N) is 4. The van der Waals surface area contributed by atoms with Crippen LogP contribution in [0.15, 0.2) is 66.4 Å². The first kappa shape index (κ1) is 18.6. The molecule has 5 nitrogen and oxygen atoms in total. The summed E-state index contributed by atoms with van der Waals surface area (Å²) < 4.78 is 38.7. The molecule has 8 heteroatoms. The smallest absolute Gasteiger partial charge is 0.340 e. The second-order valence-electron chi connectivity index (χ2n) is 7.79. The molecule has 5 rings (SSSR count). The highest BCUT2D eigenvalue weighted by molar-refractivity contribution is 5.77. The first-order valence-electron chi connectivity index (χ1n) is 9.54. The second kappa shape index (κ2) is 6.55. The first-order valence-corrected chi connectivity index (χ1v) is 9.54. The highest BCUT2D eigenvalue weighted by Gasteiger charge is 2.45. The van der Waals surface area contributed by atoms with Crippen molar-refractivity contribution in [2.45, 2.75) is 31.5 Å². The van der Waals surface area contributed by atoms with Crippen LogP contribution >= 0.6 is 0 Å². The summed E-state index contributed by atoms with van der Waals surface area (Å²) in [6.07, 6.45) is 0.422. The fourth-order valence-corrected chi connectivity index (χ4v) is 4.42. The van der Waals surface area contributed by atoms with Gasteiger partial charge in [0.15, 0.2) is 0 Å². The Morgan fingerprint density at radius 1 is 1.07 bits per heavy atom. The summed E-state index contributed by atoms with van der Waals surface area (Å²) in [6, 6.07) is 13.5. The van der Waals surface area contributed by atoms with Gasteiger partial charge in [-0.3, -0.25) is 0 Å². The zero-order valence-corrected chi connectivity index (χ0v) is 16.1. The van der Waals surface area contributed by atoms with E-state index in [2.05, 4.69) is 50.7 Å². The standard InChI is InChI=1S/C22H18F3N5/c1-21-12-15(20-26-28-29-27-20)8-11-19(21)30(18-5-3-2-4-17(18)21)13-14-6-9-16(10-7-14)22(23,24)25/h2-11H,12-13H2,1H3,(H,26,27,28,29). The number of hydrogen-bond acceptors (Lipinski definition) is 4. The number of alkyl halides is 3. The number of allylic oxidation sites excluding steroid dienone is 4. The SMILES string of the molecule is CC12CC(c3nn[nH]n3)=CC=C1N(Cc1ccc(C(F)(F)F)cc1)c1ccccc12. The average Bonchev–Trinajstić information content (AvgIpc) is 3.34. The molecular formula is C22H18F3N5. The van der Waals surface area contributed by atoms with Crippen molar-refractivity contribution in [3.05, 3.63) is 88.9 Å². The molecular weight excluding hydrogens is 391 g/mol. The van der Waals surface area contributed by atoms with E-state index in [0.29, 0.717) is 18.8 Å². The number of tetrazole rings is 1. The molecule has 0 bridgehead atoms. The van der Waals surface area contributed by atoms with Gasteiger partial charge in [0.1, 0.15) is 0 Å². The molecule has 2 aliphatic rings. The van der Waals surface area contributed by atoms with Crippen molar-refractivity contribution in [3.63, 3.8) is 0 Å². The van der Waals surface area contributed by atoms with Gasteiger partial charge < -0.3 is 4.90 Å². The molecule has 0 spiro atoms. The minimum atomic E-state index is -4.33. The highest BCUT2D eigenvalue weighted by Crippen LogP contribution is 2.54. The first-order chi connectivity index (χ1) is 14.4. The lowest BCUT2D eigenvalue weighted by molar-refractivity contribution is -0.137. The van der Waals surface area contributed by atoms with Gasteiger partial charge in [0.25, 0.3) is 0 Å². The molecule has 1 aliphatic carbocycles. The van der Waals surface area contributed by atoms with Crippen LogP contribution in [0.2, 0.25) is 0 Å². The van der Waals surface area contributed by atoms with E-state index in [-0.39, 0.29) is 5.41 Å². The summed E-state index contributed by atoms with van der Waals surface area (Å²) in [6.45, 7) is 2.67. The number of halogens is 3. The number of anilines is 1. The Labute approximate surface area is 170 Å². The van der Waals surface area contributed by atoms with Crippen LogP contribution in [-0.4, -0.2) is 20.6 Å². The van der Waals surface area contributed by atoms with E-state index in [1.165, 1.54) is 5.56 Å². The van der Waals surface area contributed by atoms with Gasteiger partial charge in [0.2, 0.25) is 5.82 Å². The molecule has 0 saturated carbocycles. The van der Waals surface area contributed by atoms with Gasteiger partial charge in [-0.25, -0.2) is 0 Å². The van der Waals surface area contributed by atoms with Crippen LogP contribution in [0, 0.1) is 0 Å². The van der Waals surface area contributed by atoms with Crippen LogP contribution in [0.5, 0.6) is 0 Å². The van der Waals surface area contributed by atoms with Crippen LogP contribution in [-0.2, 0) is 18.1 Å². The number of rotatable bonds is 3. The van der Waals surface area contributed by atoms with Crippen molar-refractivity contribution < 1.29 is 13.2 Å². The minimum absolute atomic E-state index is 0.285. The average molecular weight is 409 g/mol. The zero-order valence-electron chi connectivity index (χ0n) is 16.1. The number of aromatic nitrogens is 4. The Hall–Kier alpha value is -3.42. The van der Waals surface area contributed by atoms with Gasteiger partial charge in [0.05, 0.1) is 5.56 Å². The molecule has 152 valence electrons. The molecule has 2 heterocycles. The second-order valence-corrected chi connectivity index (χ2v) is 7.79. The number of aromatic amines is 1. The fraction of sp³-hybridized carbons (Fsp3) is 0.227. The molecule has 0 amide bonds. The number of fused-ring (bicyclic) bond motifs is 3. The molecule has 2 aromatic carbocycles. The molecule has 1 aliphatic heterocycles. The minimum Gasteiger partial charge on any atom is -0.340 e. The van der Waals surface area contributed by atoms with Crippen molar-refractivity contribution in [2.24, 2.45) is 0 Å². The van der Waals surface area contributed by atoms with Gasteiger partial charge in [0, 0.05) is 28.9 Å². The number of nitrogens with one attached hydrogen (secondary N) is 1. The summed E-state index contributed by atoms with van der Waals surface area (Å²) in [7, 11) is 0. The lowest BCUT2D eigenvalue weighted by Crippen LogP contribution is -2.30. The maximum Gasteiger partial charge on any atom is 0.416 e. The highest BCUT2D eigenvalue weighted by atomic mass is 19.4. The van der Waals surface area contributed by atoms with E-state index in [1.54, 1.807) is 12.1 Å². The third-order valence-electron chi connectivity index (χ3n) is 5.89. The largest absolute Gasteiger partial charge is 0.416 e. The van der Waals surface area contributed by atoms with Gasteiger partial charge in [-0.2, -0.15) is 18.4 Å². The topological polar surface area (TPSA) is 57.7 Å². The predicted molar refractivity (Wildman–Crippen MR) is 106 cm³/mol. The number of para-hydroxylation sites is 1.